The number of carbonyl (C=O) groups is 2. The van der Waals surface area contributed by atoms with E-state index >= 15 is 0 Å². The van der Waals surface area contributed by atoms with Crippen molar-refractivity contribution in [2.45, 2.75) is 25.8 Å². The fraction of sp³-hybridized carbons (Fsp3) is 0.474. The maximum atomic E-state index is 11.9. The van der Waals surface area contributed by atoms with Gasteiger partial charge in [0.15, 0.2) is 0 Å². The quantitative estimate of drug-likeness (QED) is 0.830. The fourth-order valence-electron chi connectivity index (χ4n) is 4.00. The summed E-state index contributed by atoms with van der Waals surface area (Å²) in [5, 5.41) is 6.54. The molecular weight excluding hydrogens is 360 g/mol. The maximum Gasteiger partial charge on any atom is 0.317 e. The summed E-state index contributed by atoms with van der Waals surface area (Å²) in [7, 11) is 1.56. The molecule has 2 fully saturated rings. The molecule has 0 unspecified atom stereocenters. The van der Waals surface area contributed by atoms with Crippen LogP contribution in [0.1, 0.15) is 19.8 Å². The lowest BCUT2D eigenvalue weighted by Gasteiger charge is -2.37. The van der Waals surface area contributed by atoms with Gasteiger partial charge in [-0.25, -0.2) is 14.8 Å². The van der Waals surface area contributed by atoms with Crippen molar-refractivity contribution in [2.75, 3.05) is 43.5 Å². The number of rotatable bonds is 4. The van der Waals surface area contributed by atoms with Crippen molar-refractivity contribution in [1.29, 1.82) is 0 Å². The van der Waals surface area contributed by atoms with E-state index in [2.05, 4.69) is 25.5 Å². The molecule has 3 amide bonds. The lowest BCUT2D eigenvalue weighted by molar-refractivity contribution is -0.114. The van der Waals surface area contributed by atoms with E-state index < -0.39 is 0 Å². The number of hydrogen-bond donors (Lipinski definition) is 2. The topological polar surface area (TPSA) is 99.7 Å². The molecule has 0 saturated carbocycles. The number of anilines is 2. The zero-order valence-electron chi connectivity index (χ0n) is 16.1. The van der Waals surface area contributed by atoms with E-state index in [0.717, 1.165) is 55.7 Å². The molecule has 0 spiro atoms. The van der Waals surface area contributed by atoms with Crippen LogP contribution in [0.3, 0.4) is 0 Å². The van der Waals surface area contributed by atoms with Crippen LogP contribution in [-0.2, 0) is 4.79 Å². The third-order valence-electron chi connectivity index (χ3n) is 5.34. The van der Waals surface area contributed by atoms with Crippen LogP contribution in [0.15, 0.2) is 18.5 Å². The molecule has 2 aliphatic heterocycles. The number of urea groups is 1. The predicted molar refractivity (Wildman–Crippen MR) is 106 cm³/mol. The number of aromatic nitrogens is 2. The summed E-state index contributed by atoms with van der Waals surface area (Å²) >= 11 is 0. The van der Waals surface area contributed by atoms with Gasteiger partial charge in [0.25, 0.3) is 0 Å². The van der Waals surface area contributed by atoms with Crippen molar-refractivity contribution in [3.05, 3.63) is 18.5 Å². The Bertz CT molecular complexity index is 910. The number of ether oxygens (including phenoxy) is 1. The minimum absolute atomic E-state index is 0.0398. The van der Waals surface area contributed by atoms with Crippen LogP contribution in [0.25, 0.3) is 10.9 Å². The van der Waals surface area contributed by atoms with Crippen LogP contribution in [0.2, 0.25) is 0 Å². The van der Waals surface area contributed by atoms with Gasteiger partial charge in [0, 0.05) is 50.6 Å². The first-order valence-corrected chi connectivity index (χ1v) is 9.46. The van der Waals surface area contributed by atoms with Crippen molar-refractivity contribution < 1.29 is 14.3 Å². The molecule has 2 saturated heterocycles. The first-order chi connectivity index (χ1) is 13.6. The number of carbonyl (C=O) groups excluding carboxylic acids is 2. The molecule has 0 bridgehead atoms. The number of fused-ring (bicyclic) bond motifs is 1. The summed E-state index contributed by atoms with van der Waals surface area (Å²) in [6.07, 6.45) is 3.34. The summed E-state index contributed by atoms with van der Waals surface area (Å²) in [5.41, 5.74) is 1.36. The maximum absolute atomic E-state index is 11.9. The minimum atomic E-state index is -0.166. The number of nitrogens with one attached hydrogen (secondary N) is 2. The monoisotopic (exact) mass is 384 g/mol. The normalized spacial score (nSPS) is 17.7. The van der Waals surface area contributed by atoms with Crippen LogP contribution in [0.5, 0.6) is 5.75 Å². The lowest BCUT2D eigenvalue weighted by atomic mass is 10.0. The number of hydrogen-bond acceptors (Lipinski definition) is 6. The zero-order chi connectivity index (χ0) is 19.7. The second-order valence-corrected chi connectivity index (χ2v) is 7.09. The Balaban J connectivity index is 1.60. The zero-order valence-corrected chi connectivity index (χ0v) is 16.1. The van der Waals surface area contributed by atoms with E-state index in [-0.39, 0.29) is 18.0 Å². The van der Waals surface area contributed by atoms with Gasteiger partial charge < -0.3 is 25.2 Å². The highest BCUT2D eigenvalue weighted by molar-refractivity contribution is 5.98. The van der Waals surface area contributed by atoms with Crippen LogP contribution < -0.4 is 20.3 Å². The van der Waals surface area contributed by atoms with Crippen molar-refractivity contribution in [2.24, 2.45) is 0 Å². The fourth-order valence-corrected chi connectivity index (χ4v) is 4.00. The smallest absolute Gasteiger partial charge is 0.317 e. The van der Waals surface area contributed by atoms with Gasteiger partial charge in [-0.15, -0.1) is 0 Å². The van der Waals surface area contributed by atoms with E-state index in [1.807, 2.05) is 17.0 Å². The molecule has 1 aromatic heterocycles. The average Bonchev–Trinajstić information content (AvgIpc) is 3.12. The highest BCUT2D eigenvalue weighted by Gasteiger charge is 2.31. The highest BCUT2D eigenvalue weighted by Crippen LogP contribution is 2.34. The molecule has 2 aromatic rings. The van der Waals surface area contributed by atoms with Gasteiger partial charge in [-0.3, -0.25) is 4.79 Å². The Morgan fingerprint density at radius 3 is 2.68 bits per heavy atom. The number of piperidine rings is 1. The predicted octanol–water partition coefficient (Wildman–Crippen LogP) is 1.59. The first-order valence-electron chi connectivity index (χ1n) is 9.46. The van der Waals surface area contributed by atoms with E-state index in [1.54, 1.807) is 13.4 Å². The Kier molecular flexibility index (Phi) is 4.89. The molecule has 0 atom stereocenters. The van der Waals surface area contributed by atoms with Crippen molar-refractivity contribution in [3.8, 4) is 5.75 Å². The summed E-state index contributed by atoms with van der Waals surface area (Å²) in [5.74, 6) is 1.23. The molecule has 4 rings (SSSR count). The molecule has 0 aliphatic carbocycles. The van der Waals surface area contributed by atoms with Gasteiger partial charge in [0.05, 0.1) is 18.3 Å². The first kappa shape index (κ1) is 18.3. The summed E-state index contributed by atoms with van der Waals surface area (Å²) in [6, 6.07) is 3.98. The Morgan fingerprint density at radius 2 is 2.04 bits per heavy atom. The molecule has 148 valence electrons. The SMILES string of the molecule is COc1cc2ncnc(N3CCC(N4CCNC4=O)CC3)c2cc1NC(C)=O. The largest absolute Gasteiger partial charge is 0.494 e. The van der Waals surface area contributed by atoms with Crippen LogP contribution >= 0.6 is 0 Å². The molecule has 0 radical (unpaired) electrons. The Morgan fingerprint density at radius 1 is 1.25 bits per heavy atom. The van der Waals surface area contributed by atoms with Gasteiger partial charge >= 0.3 is 6.03 Å². The number of methoxy groups -OCH3 is 1. The number of amides is 3. The van der Waals surface area contributed by atoms with Crippen LogP contribution in [-0.4, -0.2) is 66.1 Å². The molecule has 9 heteroatoms. The van der Waals surface area contributed by atoms with Gasteiger partial charge in [-0.05, 0) is 18.9 Å². The molecule has 28 heavy (non-hydrogen) atoms. The number of nitrogens with zero attached hydrogens (tertiary/aromatic N) is 4. The second kappa shape index (κ2) is 7.49. The van der Waals surface area contributed by atoms with Crippen molar-refractivity contribution in [3.63, 3.8) is 0 Å². The van der Waals surface area contributed by atoms with Crippen LogP contribution in [0, 0.1) is 0 Å². The summed E-state index contributed by atoms with van der Waals surface area (Å²) in [6.45, 7) is 4.58. The third kappa shape index (κ3) is 3.39. The Hall–Kier alpha value is -3.10. The van der Waals surface area contributed by atoms with Gasteiger partial charge in [0.1, 0.15) is 17.9 Å². The highest BCUT2D eigenvalue weighted by atomic mass is 16.5. The Labute approximate surface area is 163 Å². The molecule has 2 N–H and O–H groups in total. The van der Waals surface area contributed by atoms with E-state index in [4.69, 9.17) is 4.74 Å². The summed E-state index contributed by atoms with van der Waals surface area (Å²) < 4.78 is 5.39. The standard InChI is InChI=1S/C19H24N6O3/c1-12(26)23-16-9-14-15(10-17(16)28-2)21-11-22-18(14)24-6-3-13(4-7-24)25-8-5-20-19(25)27/h9-11,13H,3-8H2,1-2H3,(H,20,27)(H,23,26). The second-order valence-electron chi connectivity index (χ2n) is 7.09. The van der Waals surface area contributed by atoms with Gasteiger partial charge in [0.2, 0.25) is 5.91 Å². The van der Waals surface area contributed by atoms with Gasteiger partial charge in [-0.1, -0.05) is 0 Å². The van der Waals surface area contributed by atoms with Gasteiger partial charge in [-0.2, -0.15) is 0 Å². The third-order valence-corrected chi connectivity index (χ3v) is 5.34. The molecule has 1 aromatic carbocycles. The minimum Gasteiger partial charge on any atom is -0.494 e. The molecule has 9 nitrogen and oxygen atoms in total. The average molecular weight is 384 g/mol. The van der Waals surface area contributed by atoms with E-state index in [9.17, 15) is 9.59 Å². The van der Waals surface area contributed by atoms with E-state index in [0.29, 0.717) is 11.4 Å². The van der Waals surface area contributed by atoms with Crippen LogP contribution in [0.4, 0.5) is 16.3 Å². The number of benzene rings is 1. The molecular formula is C19H24N6O3. The van der Waals surface area contributed by atoms with Crippen molar-refractivity contribution >= 4 is 34.3 Å². The molecule has 2 aliphatic rings. The lowest BCUT2D eigenvalue weighted by Crippen LogP contribution is -2.46. The summed E-state index contributed by atoms with van der Waals surface area (Å²) in [4.78, 5) is 36.5. The molecule has 3 heterocycles. The van der Waals surface area contributed by atoms with Crippen molar-refractivity contribution in [1.82, 2.24) is 20.2 Å². The van der Waals surface area contributed by atoms with E-state index in [1.165, 1.54) is 6.92 Å².